The number of anilines is 1. The number of ether oxygens (including phenoxy) is 1. The molecule has 2 aromatic carbocycles. The zero-order valence-electron chi connectivity index (χ0n) is 13.6. The first-order valence-electron chi connectivity index (χ1n) is 7.16. The van der Waals surface area contributed by atoms with Crippen molar-refractivity contribution in [3.63, 3.8) is 0 Å². The Kier molecular flexibility index (Phi) is 6.00. The average Bonchev–Trinajstić information content (AvgIpc) is 2.57. The maximum Gasteiger partial charge on any atom is 0.191 e. The minimum Gasteiger partial charge on any atom is -0.507 e. The predicted molar refractivity (Wildman–Crippen MR) is 102 cm³/mol. The van der Waals surface area contributed by atoms with E-state index >= 15 is 0 Å². The van der Waals surface area contributed by atoms with Gasteiger partial charge in [-0.2, -0.15) is 5.10 Å². The van der Waals surface area contributed by atoms with E-state index in [1.165, 1.54) is 0 Å². The largest absolute Gasteiger partial charge is 0.507 e. The van der Waals surface area contributed by atoms with E-state index in [-0.39, 0.29) is 5.75 Å². The van der Waals surface area contributed by atoms with E-state index in [4.69, 9.17) is 28.6 Å². The second-order valence-electron chi connectivity index (χ2n) is 5.06. The van der Waals surface area contributed by atoms with Gasteiger partial charge in [-0.3, -0.25) is 5.43 Å². The number of hydrazone groups is 1. The van der Waals surface area contributed by atoms with Gasteiger partial charge in [0.25, 0.3) is 0 Å². The Hall–Kier alpha value is -2.31. The van der Waals surface area contributed by atoms with Crippen LogP contribution in [0, 0.1) is 6.92 Å². The van der Waals surface area contributed by atoms with Crippen LogP contribution in [0.2, 0.25) is 5.02 Å². The first-order chi connectivity index (χ1) is 11.4. The van der Waals surface area contributed by atoms with Crippen LogP contribution in [-0.4, -0.2) is 23.0 Å². The summed E-state index contributed by atoms with van der Waals surface area (Å²) in [6, 6.07) is 10.5. The van der Waals surface area contributed by atoms with Gasteiger partial charge in [0, 0.05) is 16.3 Å². The summed E-state index contributed by atoms with van der Waals surface area (Å²) in [5, 5.41) is 18.1. The van der Waals surface area contributed by atoms with Gasteiger partial charge in [-0.05, 0) is 62.0 Å². The van der Waals surface area contributed by atoms with Crippen molar-refractivity contribution in [2.45, 2.75) is 13.8 Å². The molecule has 126 valence electrons. The lowest BCUT2D eigenvalue weighted by atomic mass is 10.1. The molecule has 0 saturated carbocycles. The van der Waals surface area contributed by atoms with Gasteiger partial charge in [-0.25, -0.2) is 0 Å². The smallest absolute Gasteiger partial charge is 0.191 e. The van der Waals surface area contributed by atoms with Crippen molar-refractivity contribution in [1.82, 2.24) is 5.43 Å². The summed E-state index contributed by atoms with van der Waals surface area (Å²) < 4.78 is 5.15. The van der Waals surface area contributed by atoms with Gasteiger partial charge in [0.05, 0.1) is 12.8 Å². The Bertz CT molecular complexity index is 793. The third-order valence-corrected chi connectivity index (χ3v) is 4.04. The molecular weight excluding hydrogens is 346 g/mol. The molecule has 0 saturated heterocycles. The standard InChI is InChI=1S/C17H18ClN3O2S/c1-10-14(18)5-4-6-15(10)19-17(24)21-20-11(2)13-9-12(23-3)7-8-16(13)22/h4-9,22H,1-3H3,(H2,19,21,24)/b20-11+. The van der Waals surface area contributed by atoms with Crippen molar-refractivity contribution in [2.75, 3.05) is 12.4 Å². The van der Waals surface area contributed by atoms with Crippen LogP contribution in [0.1, 0.15) is 18.1 Å². The van der Waals surface area contributed by atoms with Crippen molar-refractivity contribution in [1.29, 1.82) is 0 Å². The molecule has 0 amide bonds. The summed E-state index contributed by atoms with van der Waals surface area (Å²) in [6.45, 7) is 3.66. The number of rotatable bonds is 4. The lowest BCUT2D eigenvalue weighted by molar-refractivity contribution is 0.412. The number of methoxy groups -OCH3 is 1. The highest BCUT2D eigenvalue weighted by atomic mass is 35.5. The van der Waals surface area contributed by atoms with Crippen LogP contribution < -0.4 is 15.5 Å². The van der Waals surface area contributed by atoms with E-state index in [9.17, 15) is 5.11 Å². The van der Waals surface area contributed by atoms with Crippen LogP contribution in [0.5, 0.6) is 11.5 Å². The van der Waals surface area contributed by atoms with Crippen molar-refractivity contribution in [2.24, 2.45) is 5.10 Å². The fourth-order valence-electron chi connectivity index (χ4n) is 2.02. The molecule has 0 heterocycles. The Morgan fingerprint density at radius 2 is 2.04 bits per heavy atom. The quantitative estimate of drug-likeness (QED) is 0.434. The Balaban J connectivity index is 2.09. The number of aromatic hydroxyl groups is 1. The molecule has 0 aliphatic rings. The molecule has 7 heteroatoms. The molecule has 2 aromatic rings. The molecular formula is C17H18ClN3O2S. The van der Waals surface area contributed by atoms with Gasteiger partial charge in [0.1, 0.15) is 11.5 Å². The second kappa shape index (κ2) is 7.99. The van der Waals surface area contributed by atoms with Gasteiger partial charge in [0.2, 0.25) is 0 Å². The van der Waals surface area contributed by atoms with Gasteiger partial charge in [-0.1, -0.05) is 17.7 Å². The number of benzene rings is 2. The molecule has 0 aliphatic carbocycles. The Morgan fingerprint density at radius 1 is 1.29 bits per heavy atom. The van der Waals surface area contributed by atoms with Crippen molar-refractivity contribution >= 4 is 40.3 Å². The minimum atomic E-state index is 0.114. The highest BCUT2D eigenvalue weighted by Crippen LogP contribution is 2.24. The third kappa shape index (κ3) is 4.37. The number of hydrogen-bond acceptors (Lipinski definition) is 4. The van der Waals surface area contributed by atoms with E-state index in [0.29, 0.717) is 27.2 Å². The molecule has 0 unspecified atom stereocenters. The summed E-state index contributed by atoms with van der Waals surface area (Å²) >= 11 is 11.3. The summed E-state index contributed by atoms with van der Waals surface area (Å²) in [4.78, 5) is 0. The lowest BCUT2D eigenvalue weighted by Gasteiger charge is -2.12. The monoisotopic (exact) mass is 363 g/mol. The van der Waals surface area contributed by atoms with Crippen molar-refractivity contribution in [3.05, 3.63) is 52.5 Å². The van der Waals surface area contributed by atoms with Crippen LogP contribution in [0.15, 0.2) is 41.5 Å². The average molecular weight is 364 g/mol. The fourth-order valence-corrected chi connectivity index (χ4v) is 2.35. The van der Waals surface area contributed by atoms with Crippen molar-refractivity contribution < 1.29 is 9.84 Å². The number of halogens is 1. The number of phenols is 1. The Morgan fingerprint density at radius 3 is 2.75 bits per heavy atom. The number of hydrogen-bond donors (Lipinski definition) is 3. The zero-order valence-corrected chi connectivity index (χ0v) is 15.1. The molecule has 5 nitrogen and oxygen atoms in total. The number of phenolic OH excluding ortho intramolecular Hbond substituents is 1. The van der Waals surface area contributed by atoms with Gasteiger partial charge in [0.15, 0.2) is 5.11 Å². The van der Waals surface area contributed by atoms with Crippen LogP contribution in [0.25, 0.3) is 0 Å². The van der Waals surface area contributed by atoms with Gasteiger partial charge in [-0.15, -0.1) is 0 Å². The topological polar surface area (TPSA) is 65.9 Å². The molecule has 0 bridgehead atoms. The highest BCUT2D eigenvalue weighted by molar-refractivity contribution is 7.80. The van der Waals surface area contributed by atoms with E-state index in [1.807, 2.05) is 25.1 Å². The summed E-state index contributed by atoms with van der Waals surface area (Å²) in [5.41, 5.74) is 5.58. The first-order valence-corrected chi connectivity index (χ1v) is 7.94. The number of nitrogens with one attached hydrogen (secondary N) is 2. The molecule has 24 heavy (non-hydrogen) atoms. The maximum absolute atomic E-state index is 9.94. The summed E-state index contributed by atoms with van der Waals surface area (Å²) in [5.74, 6) is 0.746. The molecule has 0 spiro atoms. The molecule has 0 aromatic heterocycles. The first kappa shape index (κ1) is 18.0. The fraction of sp³-hybridized carbons (Fsp3) is 0.176. The molecule has 0 aliphatic heterocycles. The van der Waals surface area contributed by atoms with Crippen LogP contribution in [0.3, 0.4) is 0 Å². The maximum atomic E-state index is 9.94. The highest BCUT2D eigenvalue weighted by Gasteiger charge is 2.08. The minimum absolute atomic E-state index is 0.114. The lowest BCUT2D eigenvalue weighted by Crippen LogP contribution is -2.25. The van der Waals surface area contributed by atoms with E-state index in [2.05, 4.69) is 15.8 Å². The third-order valence-electron chi connectivity index (χ3n) is 3.43. The predicted octanol–water partition coefficient (Wildman–Crippen LogP) is 4.07. The van der Waals surface area contributed by atoms with Gasteiger partial charge < -0.3 is 15.2 Å². The molecule has 0 radical (unpaired) electrons. The van der Waals surface area contributed by atoms with Gasteiger partial charge >= 0.3 is 0 Å². The van der Waals surface area contributed by atoms with E-state index in [1.54, 1.807) is 32.2 Å². The Labute approximate surface area is 151 Å². The molecule has 0 atom stereocenters. The zero-order chi connectivity index (χ0) is 17.7. The van der Waals surface area contributed by atoms with Crippen LogP contribution in [-0.2, 0) is 0 Å². The molecule has 3 N–H and O–H groups in total. The van der Waals surface area contributed by atoms with E-state index in [0.717, 1.165) is 11.3 Å². The normalized spacial score (nSPS) is 11.1. The molecule has 0 fully saturated rings. The summed E-state index contributed by atoms with van der Waals surface area (Å²) in [7, 11) is 1.56. The van der Waals surface area contributed by atoms with Crippen LogP contribution >= 0.6 is 23.8 Å². The number of thiocarbonyl (C=S) groups is 1. The number of nitrogens with zero attached hydrogens (tertiary/aromatic N) is 1. The summed E-state index contributed by atoms with van der Waals surface area (Å²) in [6.07, 6.45) is 0. The van der Waals surface area contributed by atoms with Crippen LogP contribution in [0.4, 0.5) is 5.69 Å². The van der Waals surface area contributed by atoms with Crippen molar-refractivity contribution in [3.8, 4) is 11.5 Å². The SMILES string of the molecule is COc1ccc(O)c(/C(C)=N/NC(=S)Nc2cccc(Cl)c2C)c1. The molecule has 2 rings (SSSR count). The second-order valence-corrected chi connectivity index (χ2v) is 5.87. The van der Waals surface area contributed by atoms with E-state index < -0.39 is 0 Å².